The van der Waals surface area contributed by atoms with Crippen LogP contribution in [0.4, 0.5) is 13.2 Å². The zero-order chi connectivity index (χ0) is 13.5. The third-order valence-electron chi connectivity index (χ3n) is 2.40. The second-order valence-electron chi connectivity index (χ2n) is 5.55. The maximum atomic E-state index is 12.0. The summed E-state index contributed by atoms with van der Waals surface area (Å²) in [6, 6.07) is 0. The molecule has 2 nitrogen and oxygen atoms in total. The highest BCUT2D eigenvalue weighted by Crippen LogP contribution is 2.19. The van der Waals surface area contributed by atoms with Crippen molar-refractivity contribution in [1.29, 1.82) is 0 Å². The van der Waals surface area contributed by atoms with Crippen molar-refractivity contribution in [2.24, 2.45) is 0 Å². The van der Waals surface area contributed by atoms with Crippen molar-refractivity contribution in [1.82, 2.24) is 10.2 Å². The van der Waals surface area contributed by atoms with E-state index in [1.165, 1.54) is 0 Å². The van der Waals surface area contributed by atoms with Gasteiger partial charge in [-0.25, -0.2) is 0 Å². The molecular weight excluding hydrogens is 229 g/mol. The first-order valence-electron chi connectivity index (χ1n) is 6.10. The molecule has 0 amide bonds. The fourth-order valence-corrected chi connectivity index (χ4v) is 1.40. The first-order chi connectivity index (χ1) is 7.60. The number of hydrogen-bond donors (Lipinski definition) is 1. The summed E-state index contributed by atoms with van der Waals surface area (Å²) in [4.78, 5) is 1.74. The molecule has 0 saturated carbocycles. The number of hydrogen-bond acceptors (Lipinski definition) is 2. The van der Waals surface area contributed by atoms with Crippen molar-refractivity contribution >= 4 is 0 Å². The molecule has 0 rings (SSSR count). The zero-order valence-corrected chi connectivity index (χ0v) is 11.3. The van der Waals surface area contributed by atoms with Gasteiger partial charge >= 0.3 is 6.18 Å². The molecule has 0 atom stereocenters. The van der Waals surface area contributed by atoms with Crippen molar-refractivity contribution in [2.75, 3.05) is 26.7 Å². The molecule has 0 heterocycles. The molecule has 0 fully saturated rings. The highest BCUT2D eigenvalue weighted by atomic mass is 19.4. The van der Waals surface area contributed by atoms with Crippen LogP contribution in [0, 0.1) is 0 Å². The molecule has 0 bridgehead atoms. The van der Waals surface area contributed by atoms with Crippen molar-refractivity contribution in [3.8, 4) is 0 Å². The van der Waals surface area contributed by atoms with Gasteiger partial charge in [-0.05, 0) is 53.8 Å². The van der Waals surface area contributed by atoms with E-state index in [2.05, 4.69) is 26.1 Å². The van der Waals surface area contributed by atoms with Gasteiger partial charge in [-0.1, -0.05) is 0 Å². The normalized spacial score (nSPS) is 13.4. The van der Waals surface area contributed by atoms with Crippen molar-refractivity contribution in [2.45, 2.75) is 51.7 Å². The standard InChI is InChI=1S/C12H25F3N2/c1-11(2,3)16-8-5-6-9-17(4)10-7-12(13,14)15/h16H,5-10H2,1-4H3. The van der Waals surface area contributed by atoms with Gasteiger partial charge in [0.2, 0.25) is 0 Å². The number of unbranched alkanes of at least 4 members (excludes halogenated alkanes) is 1. The van der Waals surface area contributed by atoms with E-state index in [-0.39, 0.29) is 12.1 Å². The Bertz CT molecular complexity index is 197. The molecule has 0 spiro atoms. The summed E-state index contributed by atoms with van der Waals surface area (Å²) in [6.07, 6.45) is -2.84. The van der Waals surface area contributed by atoms with E-state index in [1.54, 1.807) is 11.9 Å². The largest absolute Gasteiger partial charge is 0.390 e. The van der Waals surface area contributed by atoms with Gasteiger partial charge in [0.25, 0.3) is 0 Å². The van der Waals surface area contributed by atoms with Crippen LogP contribution in [0.15, 0.2) is 0 Å². The van der Waals surface area contributed by atoms with Gasteiger partial charge in [0.05, 0.1) is 6.42 Å². The minimum atomic E-state index is -4.04. The third-order valence-corrected chi connectivity index (χ3v) is 2.40. The summed E-state index contributed by atoms with van der Waals surface area (Å²) in [5, 5.41) is 3.35. The van der Waals surface area contributed by atoms with E-state index in [0.717, 1.165) is 25.9 Å². The Morgan fingerprint density at radius 1 is 1.00 bits per heavy atom. The van der Waals surface area contributed by atoms with Gasteiger partial charge in [-0.15, -0.1) is 0 Å². The van der Waals surface area contributed by atoms with E-state index in [9.17, 15) is 13.2 Å². The van der Waals surface area contributed by atoms with Crippen LogP contribution in [-0.2, 0) is 0 Å². The van der Waals surface area contributed by atoms with E-state index < -0.39 is 12.6 Å². The van der Waals surface area contributed by atoms with Crippen LogP contribution in [0.2, 0.25) is 0 Å². The Hall–Kier alpha value is -0.290. The number of nitrogens with zero attached hydrogens (tertiary/aromatic N) is 1. The summed E-state index contributed by atoms with van der Waals surface area (Å²) in [7, 11) is 1.74. The third kappa shape index (κ3) is 13.6. The van der Waals surface area contributed by atoms with Crippen molar-refractivity contribution in [3.05, 3.63) is 0 Å². The first-order valence-corrected chi connectivity index (χ1v) is 6.10. The lowest BCUT2D eigenvalue weighted by atomic mass is 10.1. The number of rotatable bonds is 7. The highest BCUT2D eigenvalue weighted by molar-refractivity contribution is 4.69. The van der Waals surface area contributed by atoms with E-state index >= 15 is 0 Å². The second kappa shape index (κ2) is 7.21. The maximum Gasteiger partial charge on any atom is 0.390 e. The van der Waals surface area contributed by atoms with Crippen molar-refractivity contribution < 1.29 is 13.2 Å². The average Bonchev–Trinajstić information content (AvgIpc) is 2.11. The predicted molar refractivity (Wildman–Crippen MR) is 65.2 cm³/mol. The Balaban J connectivity index is 3.43. The predicted octanol–water partition coefficient (Wildman–Crippen LogP) is 3.04. The van der Waals surface area contributed by atoms with Gasteiger partial charge in [0, 0.05) is 12.1 Å². The quantitative estimate of drug-likeness (QED) is 0.702. The fraction of sp³-hybridized carbons (Fsp3) is 1.00. The summed E-state index contributed by atoms with van der Waals surface area (Å²) < 4.78 is 35.9. The van der Waals surface area contributed by atoms with Crippen LogP contribution in [-0.4, -0.2) is 43.3 Å². The molecule has 0 unspecified atom stereocenters. The number of nitrogens with one attached hydrogen (secondary N) is 1. The molecule has 104 valence electrons. The van der Waals surface area contributed by atoms with E-state index in [0.29, 0.717) is 0 Å². The molecule has 0 aliphatic rings. The lowest BCUT2D eigenvalue weighted by Gasteiger charge is -2.21. The van der Waals surface area contributed by atoms with Crippen molar-refractivity contribution in [3.63, 3.8) is 0 Å². The maximum absolute atomic E-state index is 12.0. The first kappa shape index (κ1) is 16.7. The fourth-order valence-electron chi connectivity index (χ4n) is 1.40. The van der Waals surface area contributed by atoms with E-state index in [1.807, 2.05) is 0 Å². The number of alkyl halides is 3. The zero-order valence-electron chi connectivity index (χ0n) is 11.3. The van der Waals surface area contributed by atoms with Crippen LogP contribution < -0.4 is 5.32 Å². The van der Waals surface area contributed by atoms with Gasteiger partial charge in [0.1, 0.15) is 0 Å². The summed E-state index contributed by atoms with van der Waals surface area (Å²) in [5.41, 5.74) is 0.113. The van der Waals surface area contributed by atoms with Gasteiger partial charge in [0.15, 0.2) is 0 Å². The van der Waals surface area contributed by atoms with Gasteiger partial charge in [-0.3, -0.25) is 0 Å². The SMILES string of the molecule is CN(CCCCNC(C)(C)C)CCC(F)(F)F. The second-order valence-corrected chi connectivity index (χ2v) is 5.55. The van der Waals surface area contributed by atoms with Gasteiger partial charge < -0.3 is 10.2 Å². The average molecular weight is 254 g/mol. The monoisotopic (exact) mass is 254 g/mol. The Morgan fingerprint density at radius 2 is 1.59 bits per heavy atom. The molecule has 0 aliphatic heterocycles. The van der Waals surface area contributed by atoms with Crippen LogP contribution in [0.1, 0.15) is 40.0 Å². The van der Waals surface area contributed by atoms with Crippen LogP contribution >= 0.6 is 0 Å². The molecule has 0 aromatic heterocycles. The Labute approximate surface area is 103 Å². The molecular formula is C12H25F3N2. The Kier molecular flexibility index (Phi) is 7.09. The summed E-state index contributed by atoms with van der Waals surface area (Å²) in [6.45, 7) is 8.03. The minimum absolute atomic E-state index is 0.0935. The molecule has 0 radical (unpaired) electrons. The lowest BCUT2D eigenvalue weighted by molar-refractivity contribution is -0.137. The lowest BCUT2D eigenvalue weighted by Crippen LogP contribution is -2.36. The van der Waals surface area contributed by atoms with Gasteiger partial charge in [-0.2, -0.15) is 13.2 Å². The smallest absolute Gasteiger partial charge is 0.312 e. The highest BCUT2D eigenvalue weighted by Gasteiger charge is 2.26. The topological polar surface area (TPSA) is 15.3 Å². The van der Waals surface area contributed by atoms with E-state index in [4.69, 9.17) is 0 Å². The molecule has 17 heavy (non-hydrogen) atoms. The molecule has 1 N–H and O–H groups in total. The molecule has 0 aliphatic carbocycles. The molecule has 0 saturated heterocycles. The summed E-state index contributed by atoms with van der Waals surface area (Å²) >= 11 is 0. The Morgan fingerprint density at radius 3 is 2.06 bits per heavy atom. The molecule has 0 aromatic rings. The summed E-state index contributed by atoms with van der Waals surface area (Å²) in [5.74, 6) is 0. The van der Waals surface area contributed by atoms with Crippen LogP contribution in [0.25, 0.3) is 0 Å². The molecule has 5 heteroatoms. The molecule has 0 aromatic carbocycles. The number of halogens is 3. The minimum Gasteiger partial charge on any atom is -0.312 e. The van der Waals surface area contributed by atoms with Crippen LogP contribution in [0.3, 0.4) is 0 Å². The van der Waals surface area contributed by atoms with Crippen LogP contribution in [0.5, 0.6) is 0 Å².